The minimum Gasteiger partial charge on any atom is -0.468 e. The average Bonchev–Trinajstić information content (AvgIpc) is 3.48. The summed E-state index contributed by atoms with van der Waals surface area (Å²) in [6.45, 7) is 2.33. The van der Waals surface area contributed by atoms with E-state index in [-0.39, 0.29) is 35.7 Å². The molecule has 1 aliphatic heterocycles. The van der Waals surface area contributed by atoms with Crippen molar-refractivity contribution in [2.75, 3.05) is 11.9 Å². The second kappa shape index (κ2) is 9.60. The number of carbonyl (C=O) groups is 2. The third-order valence-corrected chi connectivity index (χ3v) is 7.14. The Hall–Kier alpha value is -3.43. The smallest absolute Gasteiger partial charge is 0.240 e. The Morgan fingerprint density at radius 1 is 1.09 bits per heavy atom. The number of hydrogen-bond donors (Lipinski definition) is 2. The molecule has 2 aromatic carbocycles. The Labute approximate surface area is 192 Å². The average molecular weight is 468 g/mol. The van der Waals surface area contributed by atoms with Crippen LogP contribution in [0.4, 0.5) is 5.69 Å². The zero-order chi connectivity index (χ0) is 23.4. The number of sulfonamides is 1. The van der Waals surface area contributed by atoms with Gasteiger partial charge in [-0.1, -0.05) is 30.3 Å². The normalized spacial score (nSPS) is 17.2. The molecule has 0 spiro atoms. The number of likely N-dealkylation sites (tertiary alicyclic amines) is 1. The molecule has 0 saturated carbocycles. The summed E-state index contributed by atoms with van der Waals surface area (Å²) >= 11 is 0. The van der Waals surface area contributed by atoms with E-state index in [1.54, 1.807) is 17.0 Å². The lowest BCUT2D eigenvalue weighted by Crippen LogP contribution is -2.30. The van der Waals surface area contributed by atoms with E-state index in [0.717, 1.165) is 5.56 Å². The highest BCUT2D eigenvalue weighted by Crippen LogP contribution is 2.29. The van der Waals surface area contributed by atoms with Crippen molar-refractivity contribution in [2.45, 2.75) is 30.8 Å². The number of furan rings is 1. The van der Waals surface area contributed by atoms with E-state index >= 15 is 0 Å². The molecule has 1 fully saturated rings. The van der Waals surface area contributed by atoms with Crippen LogP contribution < -0.4 is 10.0 Å². The first-order valence-electron chi connectivity index (χ1n) is 10.6. The van der Waals surface area contributed by atoms with Crippen LogP contribution in [-0.4, -0.2) is 31.7 Å². The highest BCUT2D eigenvalue weighted by Gasteiger charge is 2.37. The SMILES string of the molecule is CC(c1ccccc1)N1CC(C(=O)Nc2ccc(S(=O)(=O)NCc3ccco3)cc2)CC1=O. The maximum atomic E-state index is 12.7. The number of hydrogen-bond acceptors (Lipinski definition) is 5. The summed E-state index contributed by atoms with van der Waals surface area (Å²) < 4.78 is 32.5. The van der Waals surface area contributed by atoms with Crippen molar-refractivity contribution in [3.05, 3.63) is 84.3 Å². The van der Waals surface area contributed by atoms with Crippen molar-refractivity contribution < 1.29 is 22.4 Å². The van der Waals surface area contributed by atoms with Crippen LogP contribution in [0, 0.1) is 5.92 Å². The van der Waals surface area contributed by atoms with E-state index in [1.807, 2.05) is 37.3 Å². The fraction of sp³-hybridized carbons (Fsp3) is 0.250. The minimum absolute atomic E-state index is 0.0431. The second-order valence-corrected chi connectivity index (χ2v) is 9.72. The van der Waals surface area contributed by atoms with Gasteiger partial charge in [0, 0.05) is 18.7 Å². The number of nitrogens with one attached hydrogen (secondary N) is 2. The highest BCUT2D eigenvalue weighted by molar-refractivity contribution is 7.89. The summed E-state index contributed by atoms with van der Waals surface area (Å²) in [5.74, 6) is -0.292. The molecule has 0 bridgehead atoms. The molecule has 0 radical (unpaired) electrons. The Kier molecular flexibility index (Phi) is 6.62. The summed E-state index contributed by atoms with van der Waals surface area (Å²) in [6, 6.07) is 18.8. The number of carbonyl (C=O) groups excluding carboxylic acids is 2. The predicted octanol–water partition coefficient (Wildman–Crippen LogP) is 3.31. The Morgan fingerprint density at radius 3 is 2.48 bits per heavy atom. The van der Waals surface area contributed by atoms with E-state index < -0.39 is 15.9 Å². The molecule has 2 unspecified atom stereocenters. The summed E-state index contributed by atoms with van der Waals surface area (Å²) in [6.07, 6.45) is 1.62. The molecule has 172 valence electrons. The number of nitrogens with zero attached hydrogens (tertiary/aromatic N) is 1. The monoisotopic (exact) mass is 467 g/mol. The second-order valence-electron chi connectivity index (χ2n) is 7.95. The lowest BCUT2D eigenvalue weighted by Gasteiger charge is -2.25. The highest BCUT2D eigenvalue weighted by atomic mass is 32.2. The van der Waals surface area contributed by atoms with Crippen molar-refractivity contribution in [1.29, 1.82) is 0 Å². The molecule has 0 aliphatic carbocycles. The Morgan fingerprint density at radius 2 is 1.82 bits per heavy atom. The van der Waals surface area contributed by atoms with Crippen LogP contribution in [0.25, 0.3) is 0 Å². The van der Waals surface area contributed by atoms with Gasteiger partial charge in [0.05, 0.1) is 29.7 Å². The maximum Gasteiger partial charge on any atom is 0.240 e. The minimum atomic E-state index is -3.72. The van der Waals surface area contributed by atoms with Crippen LogP contribution in [0.5, 0.6) is 0 Å². The molecular formula is C24H25N3O5S. The molecular weight excluding hydrogens is 442 g/mol. The van der Waals surface area contributed by atoms with Crippen LogP contribution in [-0.2, 0) is 26.2 Å². The van der Waals surface area contributed by atoms with E-state index in [1.165, 1.54) is 30.5 Å². The van der Waals surface area contributed by atoms with E-state index in [9.17, 15) is 18.0 Å². The van der Waals surface area contributed by atoms with Gasteiger partial charge >= 0.3 is 0 Å². The summed E-state index contributed by atoms with van der Waals surface area (Å²) in [5, 5.41) is 2.79. The van der Waals surface area contributed by atoms with Gasteiger partial charge in [-0.05, 0) is 48.9 Å². The largest absolute Gasteiger partial charge is 0.468 e. The van der Waals surface area contributed by atoms with Crippen molar-refractivity contribution in [3.63, 3.8) is 0 Å². The van der Waals surface area contributed by atoms with Gasteiger partial charge in [0.15, 0.2) is 0 Å². The van der Waals surface area contributed by atoms with E-state index in [4.69, 9.17) is 4.42 Å². The van der Waals surface area contributed by atoms with Gasteiger partial charge in [-0.15, -0.1) is 0 Å². The first-order valence-corrected chi connectivity index (χ1v) is 12.1. The quantitative estimate of drug-likeness (QED) is 0.528. The lowest BCUT2D eigenvalue weighted by molar-refractivity contribution is -0.129. The molecule has 8 nitrogen and oxygen atoms in total. The van der Waals surface area contributed by atoms with Crippen LogP contribution >= 0.6 is 0 Å². The summed E-state index contributed by atoms with van der Waals surface area (Å²) in [7, 11) is -3.72. The molecule has 4 rings (SSSR count). The first-order chi connectivity index (χ1) is 15.8. The zero-order valence-corrected chi connectivity index (χ0v) is 18.9. The molecule has 2 amide bonds. The van der Waals surface area contributed by atoms with E-state index in [2.05, 4.69) is 10.0 Å². The van der Waals surface area contributed by atoms with Crippen molar-refractivity contribution in [3.8, 4) is 0 Å². The van der Waals surface area contributed by atoms with Gasteiger partial charge in [0.1, 0.15) is 5.76 Å². The molecule has 1 saturated heterocycles. The lowest BCUT2D eigenvalue weighted by atomic mass is 10.1. The van der Waals surface area contributed by atoms with Crippen LogP contribution in [0.15, 0.2) is 82.3 Å². The fourth-order valence-corrected chi connectivity index (χ4v) is 4.81. The molecule has 2 N–H and O–H groups in total. The van der Waals surface area contributed by atoms with Crippen LogP contribution in [0.2, 0.25) is 0 Å². The van der Waals surface area contributed by atoms with Crippen molar-refractivity contribution in [1.82, 2.24) is 9.62 Å². The zero-order valence-electron chi connectivity index (χ0n) is 18.1. The van der Waals surface area contributed by atoms with Gasteiger partial charge < -0.3 is 14.6 Å². The summed E-state index contributed by atoms with van der Waals surface area (Å²) in [5.41, 5.74) is 1.48. The number of amides is 2. The van der Waals surface area contributed by atoms with Gasteiger partial charge in [0.2, 0.25) is 21.8 Å². The molecule has 2 atom stereocenters. The van der Waals surface area contributed by atoms with Gasteiger partial charge in [-0.25, -0.2) is 13.1 Å². The van der Waals surface area contributed by atoms with Crippen molar-refractivity contribution in [2.24, 2.45) is 5.92 Å². The predicted molar refractivity (Wildman–Crippen MR) is 122 cm³/mol. The first kappa shape index (κ1) is 22.8. The van der Waals surface area contributed by atoms with Crippen LogP contribution in [0.3, 0.4) is 0 Å². The maximum absolute atomic E-state index is 12.7. The van der Waals surface area contributed by atoms with Crippen molar-refractivity contribution >= 4 is 27.5 Å². The molecule has 3 aromatic rings. The molecule has 2 heterocycles. The standard InChI is InChI=1S/C24H25N3O5S/c1-17(18-6-3-2-4-7-18)27-16-19(14-23(27)28)24(29)26-20-9-11-22(12-10-20)33(30,31)25-15-21-8-5-13-32-21/h2-13,17,19,25H,14-16H2,1H3,(H,26,29). The number of rotatable bonds is 8. The number of benzene rings is 2. The molecule has 9 heteroatoms. The van der Waals surface area contributed by atoms with E-state index in [0.29, 0.717) is 18.0 Å². The van der Waals surface area contributed by atoms with Gasteiger partial charge in [-0.2, -0.15) is 0 Å². The molecule has 33 heavy (non-hydrogen) atoms. The molecule has 1 aliphatic rings. The third kappa shape index (κ3) is 5.32. The fourth-order valence-electron chi connectivity index (χ4n) is 3.82. The third-order valence-electron chi connectivity index (χ3n) is 5.73. The summed E-state index contributed by atoms with van der Waals surface area (Å²) in [4.78, 5) is 27.1. The van der Waals surface area contributed by atoms with Gasteiger partial charge in [-0.3, -0.25) is 9.59 Å². The Balaban J connectivity index is 1.35. The number of anilines is 1. The molecule has 1 aromatic heterocycles. The topological polar surface area (TPSA) is 109 Å². The van der Waals surface area contributed by atoms with Crippen LogP contribution in [0.1, 0.15) is 30.7 Å². The Bertz CT molecular complexity index is 1210. The van der Waals surface area contributed by atoms with Gasteiger partial charge in [0.25, 0.3) is 0 Å².